The lowest BCUT2D eigenvalue weighted by atomic mass is 10.1. The van der Waals surface area contributed by atoms with Crippen LogP contribution in [0, 0.1) is 17.5 Å². The molecule has 0 unspecified atom stereocenters. The van der Waals surface area contributed by atoms with Crippen molar-refractivity contribution in [2.75, 3.05) is 12.8 Å². The highest BCUT2D eigenvalue weighted by atomic mass is 19.2. The number of nitrogen functional groups attached to an aromatic ring is 1. The second kappa shape index (κ2) is 5.87. The molecule has 6 heteroatoms. The van der Waals surface area contributed by atoms with Crippen molar-refractivity contribution in [2.45, 2.75) is 6.54 Å². The predicted molar refractivity (Wildman–Crippen MR) is 73.0 cm³/mol. The van der Waals surface area contributed by atoms with Crippen molar-refractivity contribution in [3.8, 4) is 0 Å². The van der Waals surface area contributed by atoms with Gasteiger partial charge in [-0.2, -0.15) is 0 Å². The Morgan fingerprint density at radius 3 is 2.43 bits per heavy atom. The van der Waals surface area contributed by atoms with Crippen LogP contribution in [0.3, 0.4) is 0 Å². The van der Waals surface area contributed by atoms with Gasteiger partial charge in [-0.1, -0.05) is 18.2 Å². The van der Waals surface area contributed by atoms with E-state index in [0.29, 0.717) is 11.3 Å². The van der Waals surface area contributed by atoms with E-state index in [0.717, 1.165) is 12.1 Å². The molecule has 0 aliphatic carbocycles. The van der Waals surface area contributed by atoms with Gasteiger partial charge in [0, 0.05) is 19.3 Å². The minimum Gasteiger partial charge on any atom is -0.398 e. The fourth-order valence-corrected chi connectivity index (χ4v) is 1.90. The Balaban J connectivity index is 2.24. The Labute approximate surface area is 119 Å². The number of amides is 1. The molecule has 3 nitrogen and oxygen atoms in total. The van der Waals surface area contributed by atoms with E-state index in [9.17, 15) is 18.0 Å². The average molecular weight is 294 g/mol. The first-order valence-electron chi connectivity index (χ1n) is 6.14. The SMILES string of the molecule is CN(Cc1ccccc1N)C(=O)c1ccc(F)c(F)c1F. The summed E-state index contributed by atoms with van der Waals surface area (Å²) >= 11 is 0. The minimum atomic E-state index is -1.66. The van der Waals surface area contributed by atoms with Crippen LogP contribution < -0.4 is 5.73 Å². The van der Waals surface area contributed by atoms with Gasteiger partial charge in [0.25, 0.3) is 5.91 Å². The lowest BCUT2D eigenvalue weighted by molar-refractivity contribution is 0.0779. The maximum Gasteiger partial charge on any atom is 0.256 e. The van der Waals surface area contributed by atoms with Crippen molar-refractivity contribution in [3.63, 3.8) is 0 Å². The lowest BCUT2D eigenvalue weighted by Crippen LogP contribution is -2.27. The quantitative estimate of drug-likeness (QED) is 0.699. The second-order valence-corrected chi connectivity index (χ2v) is 4.58. The number of para-hydroxylation sites is 1. The zero-order chi connectivity index (χ0) is 15.6. The molecule has 2 rings (SSSR count). The largest absolute Gasteiger partial charge is 0.398 e. The van der Waals surface area contributed by atoms with Crippen molar-refractivity contribution in [3.05, 3.63) is 65.0 Å². The van der Waals surface area contributed by atoms with Crippen molar-refractivity contribution >= 4 is 11.6 Å². The number of benzene rings is 2. The molecule has 2 aromatic carbocycles. The number of nitrogens with zero attached hydrogens (tertiary/aromatic N) is 1. The Kier molecular flexibility index (Phi) is 4.16. The summed E-state index contributed by atoms with van der Waals surface area (Å²) in [7, 11) is 1.43. The van der Waals surface area contributed by atoms with Crippen molar-refractivity contribution in [1.82, 2.24) is 4.90 Å². The topological polar surface area (TPSA) is 46.3 Å². The van der Waals surface area contributed by atoms with E-state index in [2.05, 4.69) is 0 Å². The maximum absolute atomic E-state index is 13.6. The van der Waals surface area contributed by atoms with Crippen LogP contribution >= 0.6 is 0 Å². The normalized spacial score (nSPS) is 10.5. The lowest BCUT2D eigenvalue weighted by Gasteiger charge is -2.18. The maximum atomic E-state index is 13.6. The monoisotopic (exact) mass is 294 g/mol. The molecule has 0 atom stereocenters. The molecular formula is C15H13F3N2O. The number of carbonyl (C=O) groups excluding carboxylic acids is 1. The van der Waals surface area contributed by atoms with Crippen LogP contribution in [0.2, 0.25) is 0 Å². The van der Waals surface area contributed by atoms with Crippen LogP contribution in [0.25, 0.3) is 0 Å². The Bertz CT molecular complexity index is 689. The first kappa shape index (κ1) is 14.9. The third-order valence-corrected chi connectivity index (χ3v) is 3.07. The van der Waals surface area contributed by atoms with Crippen LogP contribution in [0.5, 0.6) is 0 Å². The predicted octanol–water partition coefficient (Wildman–Crippen LogP) is 2.96. The van der Waals surface area contributed by atoms with Crippen molar-refractivity contribution < 1.29 is 18.0 Å². The molecule has 0 bridgehead atoms. The molecule has 0 aliphatic heterocycles. The van der Waals surface area contributed by atoms with E-state index in [-0.39, 0.29) is 6.54 Å². The number of halogens is 3. The molecule has 110 valence electrons. The first-order chi connectivity index (χ1) is 9.91. The summed E-state index contributed by atoms with van der Waals surface area (Å²) in [5.74, 6) is -5.24. The van der Waals surface area contributed by atoms with Gasteiger partial charge < -0.3 is 10.6 Å². The molecule has 0 radical (unpaired) electrons. The summed E-state index contributed by atoms with van der Waals surface area (Å²) in [6, 6.07) is 8.53. The van der Waals surface area contributed by atoms with Crippen LogP contribution in [0.1, 0.15) is 15.9 Å². The van der Waals surface area contributed by atoms with Gasteiger partial charge in [0.15, 0.2) is 17.5 Å². The summed E-state index contributed by atoms with van der Waals surface area (Å²) in [5, 5.41) is 0. The average Bonchev–Trinajstić information content (AvgIpc) is 2.46. The molecule has 2 aromatic rings. The van der Waals surface area contributed by atoms with Gasteiger partial charge in [0.1, 0.15) is 0 Å². The molecule has 21 heavy (non-hydrogen) atoms. The van der Waals surface area contributed by atoms with E-state index < -0.39 is 28.9 Å². The number of nitrogens with two attached hydrogens (primary N) is 1. The van der Waals surface area contributed by atoms with Crippen LogP contribution in [-0.2, 0) is 6.54 Å². The number of rotatable bonds is 3. The number of hydrogen-bond donors (Lipinski definition) is 1. The summed E-state index contributed by atoms with van der Waals surface area (Å²) in [4.78, 5) is 13.3. The Morgan fingerprint density at radius 1 is 1.10 bits per heavy atom. The molecule has 0 heterocycles. The summed E-state index contributed by atoms with van der Waals surface area (Å²) in [5.41, 5.74) is 6.40. The molecule has 0 saturated carbocycles. The van der Waals surface area contributed by atoms with Crippen LogP contribution in [0.15, 0.2) is 36.4 Å². The Morgan fingerprint density at radius 2 is 1.76 bits per heavy atom. The molecule has 0 spiro atoms. The third-order valence-electron chi connectivity index (χ3n) is 3.07. The van der Waals surface area contributed by atoms with E-state index in [1.165, 1.54) is 11.9 Å². The standard InChI is InChI=1S/C15H13F3N2O/c1-20(8-9-4-2-3-5-12(9)19)15(21)10-6-7-11(16)14(18)13(10)17/h2-7H,8,19H2,1H3. The molecule has 0 aromatic heterocycles. The molecule has 0 aliphatic rings. The van der Waals surface area contributed by atoms with Gasteiger partial charge in [0.2, 0.25) is 0 Å². The fraction of sp³-hybridized carbons (Fsp3) is 0.133. The van der Waals surface area contributed by atoms with Gasteiger partial charge in [-0.05, 0) is 23.8 Å². The first-order valence-corrected chi connectivity index (χ1v) is 6.14. The summed E-state index contributed by atoms with van der Waals surface area (Å²) in [6.45, 7) is 0.129. The fourth-order valence-electron chi connectivity index (χ4n) is 1.90. The summed E-state index contributed by atoms with van der Waals surface area (Å²) in [6.07, 6.45) is 0. The van der Waals surface area contributed by atoms with Gasteiger partial charge in [-0.25, -0.2) is 13.2 Å². The van der Waals surface area contributed by atoms with E-state index in [1.54, 1.807) is 24.3 Å². The second-order valence-electron chi connectivity index (χ2n) is 4.58. The molecule has 0 fully saturated rings. The van der Waals surface area contributed by atoms with Crippen molar-refractivity contribution in [1.29, 1.82) is 0 Å². The molecule has 1 amide bonds. The van der Waals surface area contributed by atoms with E-state index in [1.807, 2.05) is 0 Å². The summed E-state index contributed by atoms with van der Waals surface area (Å²) < 4.78 is 39.6. The van der Waals surface area contributed by atoms with Gasteiger partial charge in [-0.3, -0.25) is 4.79 Å². The number of carbonyl (C=O) groups is 1. The highest BCUT2D eigenvalue weighted by Gasteiger charge is 2.21. The zero-order valence-corrected chi connectivity index (χ0v) is 11.2. The van der Waals surface area contributed by atoms with Crippen LogP contribution in [0.4, 0.5) is 18.9 Å². The smallest absolute Gasteiger partial charge is 0.256 e. The van der Waals surface area contributed by atoms with Gasteiger partial charge in [0.05, 0.1) is 5.56 Å². The van der Waals surface area contributed by atoms with E-state index >= 15 is 0 Å². The Hall–Kier alpha value is -2.50. The van der Waals surface area contributed by atoms with Gasteiger partial charge >= 0.3 is 0 Å². The van der Waals surface area contributed by atoms with Crippen LogP contribution in [-0.4, -0.2) is 17.9 Å². The number of anilines is 1. The molecule has 2 N–H and O–H groups in total. The van der Waals surface area contributed by atoms with E-state index in [4.69, 9.17) is 5.73 Å². The highest BCUT2D eigenvalue weighted by molar-refractivity contribution is 5.94. The highest BCUT2D eigenvalue weighted by Crippen LogP contribution is 2.18. The zero-order valence-electron chi connectivity index (χ0n) is 11.2. The minimum absolute atomic E-state index is 0.129. The molecular weight excluding hydrogens is 281 g/mol. The number of hydrogen-bond acceptors (Lipinski definition) is 2. The van der Waals surface area contributed by atoms with Gasteiger partial charge in [-0.15, -0.1) is 0 Å². The third kappa shape index (κ3) is 2.99. The molecule has 0 saturated heterocycles. The van der Waals surface area contributed by atoms with Crippen molar-refractivity contribution in [2.24, 2.45) is 0 Å².